The predicted octanol–water partition coefficient (Wildman–Crippen LogP) is 3.99. The summed E-state index contributed by atoms with van der Waals surface area (Å²) in [5, 5.41) is 9.65. The van der Waals surface area contributed by atoms with Gasteiger partial charge >= 0.3 is 5.97 Å². The minimum Gasteiger partial charge on any atom is -0.507 e. The zero-order chi connectivity index (χ0) is 22.4. The van der Waals surface area contributed by atoms with Crippen LogP contribution in [0.4, 0.5) is 0 Å². The Hall–Kier alpha value is -1.60. The molecule has 0 unspecified atom stereocenters. The summed E-state index contributed by atoms with van der Waals surface area (Å²) >= 11 is 3.34. The Labute approximate surface area is 194 Å². The van der Waals surface area contributed by atoms with Gasteiger partial charge in [-0.15, -0.1) is 0 Å². The molecule has 2 fully saturated rings. The number of piperidine rings is 2. The fraction of sp³-hybridized carbons (Fsp3) is 0.667. The largest absolute Gasteiger partial charge is 0.507 e. The fourth-order valence-electron chi connectivity index (χ4n) is 4.86. The number of likely N-dealkylation sites (tertiary alicyclic amines) is 2. The molecule has 3 rings (SSSR count). The Bertz CT molecular complexity index is 756. The highest BCUT2D eigenvalue weighted by Gasteiger charge is 2.31. The van der Waals surface area contributed by atoms with Crippen LogP contribution in [0.25, 0.3) is 0 Å². The molecule has 6 nitrogen and oxygen atoms in total. The quantitative estimate of drug-likeness (QED) is 0.580. The van der Waals surface area contributed by atoms with Crippen molar-refractivity contribution in [3.05, 3.63) is 28.2 Å². The molecule has 2 aliphatic rings. The van der Waals surface area contributed by atoms with Gasteiger partial charge in [0.05, 0.1) is 11.1 Å². The molecule has 1 aromatic rings. The number of ether oxygens (including phenoxy) is 1. The van der Waals surface area contributed by atoms with Gasteiger partial charge in [0.15, 0.2) is 0 Å². The summed E-state index contributed by atoms with van der Waals surface area (Å²) < 4.78 is 5.75. The van der Waals surface area contributed by atoms with E-state index >= 15 is 0 Å². The van der Waals surface area contributed by atoms with E-state index in [1.54, 1.807) is 6.07 Å². The van der Waals surface area contributed by atoms with E-state index in [0.717, 1.165) is 57.4 Å². The van der Waals surface area contributed by atoms with Gasteiger partial charge in [-0.05, 0) is 91.7 Å². The molecule has 0 aromatic heterocycles. The lowest BCUT2D eigenvalue weighted by Gasteiger charge is -2.42. The Kier molecular flexibility index (Phi) is 8.78. The maximum Gasteiger partial charge on any atom is 0.306 e. The Morgan fingerprint density at radius 3 is 2.45 bits per heavy atom. The van der Waals surface area contributed by atoms with Gasteiger partial charge in [0.1, 0.15) is 5.75 Å². The molecule has 2 heterocycles. The maximum absolute atomic E-state index is 12.9. The number of rotatable bonds is 7. The molecule has 1 N–H and O–H groups in total. The van der Waals surface area contributed by atoms with Crippen LogP contribution in [0.3, 0.4) is 0 Å². The summed E-state index contributed by atoms with van der Waals surface area (Å²) in [7, 11) is 0. The molecule has 2 aliphatic heterocycles. The summed E-state index contributed by atoms with van der Waals surface area (Å²) in [6.45, 7) is 8.00. The third kappa shape index (κ3) is 6.69. The van der Waals surface area contributed by atoms with Crippen LogP contribution in [0.5, 0.6) is 5.75 Å². The molecule has 0 bridgehead atoms. The van der Waals surface area contributed by atoms with Gasteiger partial charge in [0, 0.05) is 31.5 Å². The zero-order valence-electron chi connectivity index (χ0n) is 18.7. The molecule has 0 saturated carbocycles. The van der Waals surface area contributed by atoms with E-state index in [2.05, 4.69) is 20.8 Å². The minimum atomic E-state index is -0.0772. The van der Waals surface area contributed by atoms with Gasteiger partial charge in [0.25, 0.3) is 0 Å². The topological polar surface area (TPSA) is 70.1 Å². The molecule has 0 spiro atoms. The Morgan fingerprint density at radius 1 is 1.16 bits per heavy atom. The summed E-state index contributed by atoms with van der Waals surface area (Å²) in [6, 6.07) is 5.97. The van der Waals surface area contributed by atoms with E-state index in [1.165, 1.54) is 0 Å². The standard InChI is InChI=1S/C24H35BrN2O4/c1-3-31-23(29)16-18-6-10-26(11-7-18)20-8-12-27(13-9-20)24(30)17(2)14-19-4-5-22(28)21(25)15-19/h4-5,15,17-18,20,28H,3,6-14,16H2,1-2H3/t17-/m1/s1. The van der Waals surface area contributed by atoms with Crippen molar-refractivity contribution in [2.75, 3.05) is 32.8 Å². The lowest BCUT2D eigenvalue weighted by molar-refractivity contribution is -0.144. The molecule has 1 aromatic carbocycles. The number of phenolic OH excluding ortho intramolecular Hbond substituents is 1. The van der Waals surface area contributed by atoms with Crippen LogP contribution in [-0.2, 0) is 20.7 Å². The third-order valence-corrected chi connectivity index (χ3v) is 7.31. The van der Waals surface area contributed by atoms with Gasteiger partial charge in [-0.2, -0.15) is 0 Å². The van der Waals surface area contributed by atoms with Crippen LogP contribution in [0.2, 0.25) is 0 Å². The fourth-order valence-corrected chi connectivity index (χ4v) is 5.29. The van der Waals surface area contributed by atoms with Crippen LogP contribution in [0, 0.1) is 11.8 Å². The number of hydrogen-bond acceptors (Lipinski definition) is 5. The Morgan fingerprint density at radius 2 is 1.84 bits per heavy atom. The first-order chi connectivity index (χ1) is 14.9. The molecule has 7 heteroatoms. The summed E-state index contributed by atoms with van der Waals surface area (Å²) in [6.07, 6.45) is 5.36. The molecule has 0 aliphatic carbocycles. The molecular weight excluding hydrogens is 460 g/mol. The van der Waals surface area contributed by atoms with Crippen LogP contribution >= 0.6 is 15.9 Å². The average Bonchev–Trinajstić information content (AvgIpc) is 2.76. The van der Waals surface area contributed by atoms with Gasteiger partial charge in [-0.25, -0.2) is 0 Å². The number of nitrogens with zero attached hydrogens (tertiary/aromatic N) is 2. The number of carbonyl (C=O) groups is 2. The van der Waals surface area contributed by atoms with Gasteiger partial charge in [-0.1, -0.05) is 13.0 Å². The van der Waals surface area contributed by atoms with Crippen LogP contribution in [0.15, 0.2) is 22.7 Å². The molecule has 1 amide bonds. The normalized spacial score (nSPS) is 19.9. The van der Waals surface area contributed by atoms with Crippen molar-refractivity contribution in [1.82, 2.24) is 9.80 Å². The second kappa shape index (κ2) is 11.3. The van der Waals surface area contributed by atoms with E-state index in [0.29, 0.717) is 35.9 Å². The van der Waals surface area contributed by atoms with Gasteiger partial charge in [0.2, 0.25) is 5.91 Å². The molecule has 31 heavy (non-hydrogen) atoms. The highest BCUT2D eigenvalue weighted by Crippen LogP contribution is 2.28. The van der Waals surface area contributed by atoms with E-state index in [-0.39, 0.29) is 23.5 Å². The molecule has 1 atom stereocenters. The van der Waals surface area contributed by atoms with Crippen LogP contribution in [-0.4, -0.2) is 65.6 Å². The van der Waals surface area contributed by atoms with Crippen molar-refractivity contribution in [2.24, 2.45) is 11.8 Å². The van der Waals surface area contributed by atoms with E-state index in [4.69, 9.17) is 4.74 Å². The number of benzene rings is 1. The first-order valence-corrected chi connectivity index (χ1v) is 12.3. The van der Waals surface area contributed by atoms with Crippen molar-refractivity contribution in [2.45, 2.75) is 58.4 Å². The van der Waals surface area contributed by atoms with E-state index in [1.807, 2.05) is 30.9 Å². The second-order valence-corrected chi connectivity index (χ2v) is 9.79. The van der Waals surface area contributed by atoms with Crippen molar-refractivity contribution >= 4 is 27.8 Å². The summed E-state index contributed by atoms with van der Waals surface area (Å²) in [5.74, 6) is 0.733. The number of esters is 1. The molecule has 2 saturated heterocycles. The first kappa shape index (κ1) is 24.1. The highest BCUT2D eigenvalue weighted by atomic mass is 79.9. The SMILES string of the molecule is CCOC(=O)CC1CCN(C2CCN(C(=O)[C@H](C)Cc3ccc(O)c(Br)c3)CC2)CC1. The van der Waals surface area contributed by atoms with E-state index in [9.17, 15) is 14.7 Å². The van der Waals surface area contributed by atoms with E-state index < -0.39 is 0 Å². The van der Waals surface area contributed by atoms with Crippen molar-refractivity contribution in [3.63, 3.8) is 0 Å². The van der Waals surface area contributed by atoms with Crippen molar-refractivity contribution < 1.29 is 19.4 Å². The number of carbonyl (C=O) groups excluding carboxylic acids is 2. The average molecular weight is 495 g/mol. The Balaban J connectivity index is 1.41. The third-order valence-electron chi connectivity index (χ3n) is 6.68. The van der Waals surface area contributed by atoms with Crippen molar-refractivity contribution in [3.8, 4) is 5.75 Å². The second-order valence-electron chi connectivity index (χ2n) is 8.94. The monoisotopic (exact) mass is 494 g/mol. The number of hydrogen-bond donors (Lipinski definition) is 1. The molecule has 0 radical (unpaired) electrons. The first-order valence-electron chi connectivity index (χ1n) is 11.5. The zero-order valence-corrected chi connectivity index (χ0v) is 20.3. The van der Waals surface area contributed by atoms with Gasteiger partial charge < -0.3 is 19.6 Å². The number of halogens is 1. The lowest BCUT2D eigenvalue weighted by Crippen LogP contribution is -2.50. The lowest BCUT2D eigenvalue weighted by atomic mass is 9.91. The number of amides is 1. The van der Waals surface area contributed by atoms with Crippen molar-refractivity contribution in [1.29, 1.82) is 0 Å². The number of phenols is 1. The van der Waals surface area contributed by atoms with Gasteiger partial charge in [-0.3, -0.25) is 9.59 Å². The molecular formula is C24H35BrN2O4. The maximum atomic E-state index is 12.9. The summed E-state index contributed by atoms with van der Waals surface area (Å²) in [4.78, 5) is 29.2. The highest BCUT2D eigenvalue weighted by molar-refractivity contribution is 9.10. The van der Waals surface area contributed by atoms with Crippen LogP contribution in [0.1, 0.15) is 51.5 Å². The smallest absolute Gasteiger partial charge is 0.306 e. The summed E-state index contributed by atoms with van der Waals surface area (Å²) in [5.41, 5.74) is 1.05. The number of aromatic hydroxyl groups is 1. The minimum absolute atomic E-state index is 0.0680. The molecule has 172 valence electrons. The predicted molar refractivity (Wildman–Crippen MR) is 124 cm³/mol. The van der Waals surface area contributed by atoms with Crippen LogP contribution < -0.4 is 0 Å².